The fraction of sp³-hybridized carbons (Fsp3) is 0.357. The molecular formula is C14H17BrN2. The van der Waals surface area contributed by atoms with E-state index in [2.05, 4.69) is 66.0 Å². The van der Waals surface area contributed by atoms with Gasteiger partial charge in [-0.25, -0.2) is 4.98 Å². The maximum absolute atomic E-state index is 4.24. The normalized spacial score (nSPS) is 11.8. The second-order valence-corrected chi connectivity index (χ2v) is 6.07. The van der Waals surface area contributed by atoms with Gasteiger partial charge in [-0.05, 0) is 26.9 Å². The molecule has 0 saturated heterocycles. The Morgan fingerprint density at radius 2 is 1.71 bits per heavy atom. The summed E-state index contributed by atoms with van der Waals surface area (Å²) in [5.74, 6) is 0. The summed E-state index contributed by atoms with van der Waals surface area (Å²) in [5, 5.41) is 0. The first kappa shape index (κ1) is 12.4. The van der Waals surface area contributed by atoms with Crippen molar-refractivity contribution in [3.8, 4) is 11.3 Å². The Balaban J connectivity index is 2.43. The predicted molar refractivity (Wildman–Crippen MR) is 75.0 cm³/mol. The van der Waals surface area contributed by atoms with E-state index in [1.165, 1.54) is 11.1 Å². The summed E-state index contributed by atoms with van der Waals surface area (Å²) < 4.78 is 2.92. The van der Waals surface area contributed by atoms with Crippen molar-refractivity contribution in [3.63, 3.8) is 0 Å². The third kappa shape index (κ3) is 2.44. The average molecular weight is 293 g/mol. The Morgan fingerprint density at radius 1 is 1.12 bits per heavy atom. The number of aryl methyl sites for hydroxylation is 1. The van der Waals surface area contributed by atoms with E-state index < -0.39 is 0 Å². The van der Waals surface area contributed by atoms with Crippen molar-refractivity contribution in [1.82, 2.24) is 9.55 Å². The van der Waals surface area contributed by atoms with Crippen LogP contribution in [-0.2, 0) is 12.5 Å². The van der Waals surface area contributed by atoms with Gasteiger partial charge in [0.25, 0.3) is 0 Å². The molecule has 17 heavy (non-hydrogen) atoms. The van der Waals surface area contributed by atoms with E-state index in [1.807, 2.05) is 17.9 Å². The molecule has 0 N–H and O–H groups in total. The molecule has 2 nitrogen and oxygen atoms in total. The quantitative estimate of drug-likeness (QED) is 0.772. The Labute approximate surface area is 111 Å². The molecule has 2 aromatic rings. The number of hydrogen-bond donors (Lipinski definition) is 0. The molecule has 1 aromatic heterocycles. The van der Waals surface area contributed by atoms with Gasteiger partial charge in [0, 0.05) is 12.6 Å². The smallest absolute Gasteiger partial charge is 0.132 e. The first-order chi connectivity index (χ1) is 7.89. The van der Waals surface area contributed by atoms with Crippen LogP contribution in [0.3, 0.4) is 0 Å². The van der Waals surface area contributed by atoms with Crippen LogP contribution in [-0.4, -0.2) is 9.55 Å². The lowest BCUT2D eigenvalue weighted by Crippen LogP contribution is -2.10. The number of halogens is 1. The minimum absolute atomic E-state index is 0.197. The summed E-state index contributed by atoms with van der Waals surface area (Å²) in [6.07, 6.45) is 1.82. The third-order valence-electron chi connectivity index (χ3n) is 2.92. The first-order valence-electron chi connectivity index (χ1n) is 5.67. The van der Waals surface area contributed by atoms with Crippen LogP contribution < -0.4 is 0 Å². The summed E-state index contributed by atoms with van der Waals surface area (Å²) in [5.41, 5.74) is 3.84. The summed E-state index contributed by atoms with van der Waals surface area (Å²) in [6, 6.07) is 8.69. The van der Waals surface area contributed by atoms with E-state index >= 15 is 0 Å². The molecule has 3 heteroatoms. The highest BCUT2D eigenvalue weighted by Gasteiger charge is 2.14. The Bertz CT molecular complexity index is 499. The zero-order valence-corrected chi connectivity index (χ0v) is 12.2. The summed E-state index contributed by atoms with van der Waals surface area (Å²) >= 11 is 3.48. The van der Waals surface area contributed by atoms with Crippen LogP contribution in [0.2, 0.25) is 0 Å². The van der Waals surface area contributed by atoms with Crippen LogP contribution in [0.25, 0.3) is 11.3 Å². The van der Waals surface area contributed by atoms with Crippen molar-refractivity contribution in [3.05, 3.63) is 40.8 Å². The van der Waals surface area contributed by atoms with Gasteiger partial charge in [0.05, 0.1) is 12.0 Å². The van der Waals surface area contributed by atoms with E-state index in [1.54, 1.807) is 0 Å². The Morgan fingerprint density at radius 3 is 2.12 bits per heavy atom. The van der Waals surface area contributed by atoms with Crippen molar-refractivity contribution in [1.29, 1.82) is 0 Å². The third-order valence-corrected chi connectivity index (χ3v) is 3.50. The van der Waals surface area contributed by atoms with E-state index in [0.717, 1.165) is 10.3 Å². The second-order valence-electron chi connectivity index (χ2n) is 5.32. The molecule has 0 amide bonds. The van der Waals surface area contributed by atoms with Crippen molar-refractivity contribution >= 4 is 15.9 Å². The van der Waals surface area contributed by atoms with Gasteiger partial charge >= 0.3 is 0 Å². The molecule has 90 valence electrons. The van der Waals surface area contributed by atoms with Crippen molar-refractivity contribution in [2.45, 2.75) is 26.2 Å². The van der Waals surface area contributed by atoms with Gasteiger partial charge in [-0.2, -0.15) is 0 Å². The van der Waals surface area contributed by atoms with Gasteiger partial charge in [-0.1, -0.05) is 45.0 Å². The SMILES string of the molecule is Cn1cnc(Br)c1-c1ccc(C(C)(C)C)cc1. The van der Waals surface area contributed by atoms with Gasteiger partial charge in [-0.15, -0.1) is 0 Å². The average Bonchev–Trinajstić information content (AvgIpc) is 2.58. The maximum Gasteiger partial charge on any atom is 0.132 e. The molecular weight excluding hydrogens is 276 g/mol. The fourth-order valence-corrected chi connectivity index (χ4v) is 2.45. The predicted octanol–water partition coefficient (Wildman–Crippen LogP) is 4.15. The standard InChI is InChI=1S/C14H17BrN2/c1-14(2,3)11-7-5-10(6-8-11)12-13(15)16-9-17(12)4/h5-9H,1-4H3. The lowest BCUT2D eigenvalue weighted by molar-refractivity contribution is 0.590. The van der Waals surface area contributed by atoms with Gasteiger partial charge in [-0.3, -0.25) is 0 Å². The zero-order chi connectivity index (χ0) is 12.6. The molecule has 0 aliphatic heterocycles. The molecule has 0 spiro atoms. The van der Waals surface area contributed by atoms with Gasteiger partial charge < -0.3 is 4.57 Å². The molecule has 0 bridgehead atoms. The highest BCUT2D eigenvalue weighted by atomic mass is 79.9. The minimum atomic E-state index is 0.197. The number of benzene rings is 1. The lowest BCUT2D eigenvalue weighted by Gasteiger charge is -2.19. The molecule has 0 atom stereocenters. The van der Waals surface area contributed by atoms with Crippen LogP contribution in [0.5, 0.6) is 0 Å². The van der Waals surface area contributed by atoms with E-state index in [4.69, 9.17) is 0 Å². The van der Waals surface area contributed by atoms with E-state index in [0.29, 0.717) is 0 Å². The van der Waals surface area contributed by atoms with Gasteiger partial charge in [0.2, 0.25) is 0 Å². The molecule has 1 heterocycles. The Hall–Kier alpha value is -1.09. The topological polar surface area (TPSA) is 17.8 Å². The van der Waals surface area contributed by atoms with E-state index in [9.17, 15) is 0 Å². The lowest BCUT2D eigenvalue weighted by atomic mass is 9.86. The molecule has 0 radical (unpaired) electrons. The molecule has 1 aromatic carbocycles. The molecule has 0 aliphatic rings. The van der Waals surface area contributed by atoms with Gasteiger partial charge in [0.1, 0.15) is 4.60 Å². The minimum Gasteiger partial charge on any atom is -0.333 e. The van der Waals surface area contributed by atoms with Crippen LogP contribution in [0.4, 0.5) is 0 Å². The molecule has 0 aliphatic carbocycles. The fourth-order valence-electron chi connectivity index (χ4n) is 1.85. The zero-order valence-electron chi connectivity index (χ0n) is 10.7. The summed E-state index contributed by atoms with van der Waals surface area (Å²) in [6.45, 7) is 6.67. The number of rotatable bonds is 1. The number of aromatic nitrogens is 2. The largest absolute Gasteiger partial charge is 0.333 e. The van der Waals surface area contributed by atoms with Crippen LogP contribution in [0.1, 0.15) is 26.3 Å². The summed E-state index contributed by atoms with van der Waals surface area (Å²) in [4.78, 5) is 4.24. The molecule has 0 unspecified atom stereocenters. The second kappa shape index (κ2) is 4.30. The van der Waals surface area contributed by atoms with E-state index in [-0.39, 0.29) is 5.41 Å². The van der Waals surface area contributed by atoms with Crippen LogP contribution in [0.15, 0.2) is 35.2 Å². The van der Waals surface area contributed by atoms with Crippen LogP contribution >= 0.6 is 15.9 Å². The monoisotopic (exact) mass is 292 g/mol. The summed E-state index contributed by atoms with van der Waals surface area (Å²) in [7, 11) is 2.00. The number of imidazole rings is 1. The van der Waals surface area contributed by atoms with Crippen molar-refractivity contribution in [2.75, 3.05) is 0 Å². The number of nitrogens with zero attached hydrogens (tertiary/aromatic N) is 2. The van der Waals surface area contributed by atoms with Crippen LogP contribution in [0, 0.1) is 0 Å². The molecule has 2 rings (SSSR count). The van der Waals surface area contributed by atoms with Gasteiger partial charge in [0.15, 0.2) is 0 Å². The Kier molecular flexibility index (Phi) is 3.13. The van der Waals surface area contributed by atoms with Crippen molar-refractivity contribution < 1.29 is 0 Å². The highest BCUT2D eigenvalue weighted by Crippen LogP contribution is 2.29. The highest BCUT2D eigenvalue weighted by molar-refractivity contribution is 9.10. The van der Waals surface area contributed by atoms with Crippen molar-refractivity contribution in [2.24, 2.45) is 7.05 Å². The maximum atomic E-state index is 4.24. The first-order valence-corrected chi connectivity index (χ1v) is 6.46. The molecule has 0 fully saturated rings. The molecule has 0 saturated carbocycles. The number of hydrogen-bond acceptors (Lipinski definition) is 1.